The number of hydrogen-bond donors (Lipinski definition) is 3. The van der Waals surface area contributed by atoms with E-state index in [1.165, 1.54) is 0 Å². The van der Waals surface area contributed by atoms with Gasteiger partial charge in [0.15, 0.2) is 0 Å². The van der Waals surface area contributed by atoms with Crippen molar-refractivity contribution in [3.63, 3.8) is 0 Å². The highest BCUT2D eigenvalue weighted by Crippen LogP contribution is 2.32. The number of phenolic OH excluding ortho intramolecular Hbond substituents is 1. The molecule has 72 valence electrons. The van der Waals surface area contributed by atoms with Crippen molar-refractivity contribution in [1.82, 2.24) is 0 Å². The second-order valence-electron chi connectivity index (χ2n) is 2.92. The van der Waals surface area contributed by atoms with Crippen molar-refractivity contribution in [3.05, 3.63) is 28.3 Å². The summed E-state index contributed by atoms with van der Waals surface area (Å²) in [4.78, 5) is 0. The highest BCUT2D eigenvalue weighted by atomic mass is 35.5. The molecule has 1 atom stereocenters. The first-order valence-corrected chi connectivity index (χ1v) is 4.30. The molecule has 1 rings (SSSR count). The van der Waals surface area contributed by atoms with Gasteiger partial charge in [0.05, 0.1) is 12.6 Å². The molecule has 0 amide bonds. The average molecular weight is 202 g/mol. The van der Waals surface area contributed by atoms with Gasteiger partial charge in [-0.3, -0.25) is 0 Å². The number of nitrogens with two attached hydrogens (primary N) is 1. The molecule has 0 heterocycles. The molecule has 0 aliphatic carbocycles. The predicted octanol–water partition coefficient (Wildman–Crippen LogP) is 1.35. The summed E-state index contributed by atoms with van der Waals surface area (Å²) in [6.07, 6.45) is 0. The summed E-state index contributed by atoms with van der Waals surface area (Å²) in [7, 11) is 0. The van der Waals surface area contributed by atoms with E-state index in [4.69, 9.17) is 22.4 Å². The minimum Gasteiger partial charge on any atom is -0.507 e. The number of halogens is 1. The summed E-state index contributed by atoms with van der Waals surface area (Å²) < 4.78 is 0. The van der Waals surface area contributed by atoms with Crippen LogP contribution in [0.3, 0.4) is 0 Å². The molecule has 0 radical (unpaired) electrons. The lowest BCUT2D eigenvalue weighted by Gasteiger charge is -2.14. The van der Waals surface area contributed by atoms with Crippen molar-refractivity contribution in [2.24, 2.45) is 5.73 Å². The van der Waals surface area contributed by atoms with Gasteiger partial charge in [-0.25, -0.2) is 0 Å². The number of phenols is 1. The molecule has 13 heavy (non-hydrogen) atoms. The van der Waals surface area contributed by atoms with Crippen LogP contribution in [0.5, 0.6) is 5.75 Å². The Bertz CT molecular complexity index is 315. The summed E-state index contributed by atoms with van der Waals surface area (Å²) in [6.45, 7) is 1.51. The van der Waals surface area contributed by atoms with E-state index in [0.717, 1.165) is 0 Å². The van der Waals surface area contributed by atoms with Crippen LogP contribution < -0.4 is 5.73 Å². The molecule has 1 aromatic carbocycles. The summed E-state index contributed by atoms with van der Waals surface area (Å²) in [6, 6.07) is 2.72. The van der Waals surface area contributed by atoms with Crippen LogP contribution in [0.4, 0.5) is 0 Å². The summed E-state index contributed by atoms with van der Waals surface area (Å²) in [5.41, 5.74) is 6.67. The molecule has 0 bridgehead atoms. The monoisotopic (exact) mass is 201 g/mol. The first-order valence-electron chi connectivity index (χ1n) is 3.92. The zero-order valence-corrected chi connectivity index (χ0v) is 8.04. The predicted molar refractivity (Wildman–Crippen MR) is 51.9 cm³/mol. The average Bonchev–Trinajstić information content (AvgIpc) is 2.12. The molecular weight excluding hydrogens is 190 g/mol. The molecule has 4 heteroatoms. The Morgan fingerprint density at radius 2 is 2.15 bits per heavy atom. The second-order valence-corrected chi connectivity index (χ2v) is 3.32. The van der Waals surface area contributed by atoms with Crippen LogP contribution in [-0.4, -0.2) is 16.8 Å². The maximum Gasteiger partial charge on any atom is 0.124 e. The van der Waals surface area contributed by atoms with E-state index in [9.17, 15) is 5.11 Å². The molecule has 0 saturated heterocycles. The SMILES string of the molecule is Cc1ccc(Cl)c(C(N)CO)c1O. The number of aromatic hydroxyl groups is 1. The fourth-order valence-electron chi connectivity index (χ4n) is 1.14. The number of aliphatic hydroxyl groups excluding tert-OH is 1. The Morgan fingerprint density at radius 3 is 2.69 bits per heavy atom. The number of rotatable bonds is 2. The fourth-order valence-corrected chi connectivity index (χ4v) is 1.43. The van der Waals surface area contributed by atoms with Crippen molar-refractivity contribution >= 4 is 11.6 Å². The zero-order valence-electron chi connectivity index (χ0n) is 7.29. The van der Waals surface area contributed by atoms with Gasteiger partial charge in [-0.1, -0.05) is 17.7 Å². The van der Waals surface area contributed by atoms with E-state index in [1.807, 2.05) is 0 Å². The van der Waals surface area contributed by atoms with Gasteiger partial charge in [0.2, 0.25) is 0 Å². The maximum absolute atomic E-state index is 9.60. The van der Waals surface area contributed by atoms with Crippen LogP contribution in [0.2, 0.25) is 5.02 Å². The van der Waals surface area contributed by atoms with Crippen LogP contribution in [-0.2, 0) is 0 Å². The molecule has 0 spiro atoms. The zero-order chi connectivity index (χ0) is 10.0. The third kappa shape index (κ3) is 1.94. The highest BCUT2D eigenvalue weighted by Gasteiger charge is 2.15. The number of aliphatic hydroxyl groups is 1. The van der Waals surface area contributed by atoms with Crippen LogP contribution in [0.1, 0.15) is 17.2 Å². The maximum atomic E-state index is 9.60. The Balaban J connectivity index is 3.25. The quantitative estimate of drug-likeness (QED) is 0.677. The molecule has 1 unspecified atom stereocenters. The van der Waals surface area contributed by atoms with Crippen molar-refractivity contribution in [1.29, 1.82) is 0 Å². The van der Waals surface area contributed by atoms with E-state index in [2.05, 4.69) is 0 Å². The largest absolute Gasteiger partial charge is 0.507 e. The molecular formula is C9H12ClNO2. The molecule has 0 aromatic heterocycles. The first kappa shape index (κ1) is 10.3. The lowest BCUT2D eigenvalue weighted by Crippen LogP contribution is -2.15. The van der Waals surface area contributed by atoms with E-state index < -0.39 is 6.04 Å². The standard InChI is InChI=1S/C9H12ClNO2/c1-5-2-3-6(10)8(9(5)13)7(11)4-12/h2-3,7,12-13H,4,11H2,1H3. The van der Waals surface area contributed by atoms with Crippen LogP contribution in [0, 0.1) is 6.92 Å². The summed E-state index contributed by atoms with van der Waals surface area (Å²) in [5, 5.41) is 18.8. The number of hydrogen-bond acceptors (Lipinski definition) is 3. The fraction of sp³-hybridized carbons (Fsp3) is 0.333. The Labute approximate surface area is 81.8 Å². The molecule has 0 saturated carbocycles. The highest BCUT2D eigenvalue weighted by molar-refractivity contribution is 6.31. The number of aryl methyl sites for hydroxylation is 1. The number of benzene rings is 1. The normalized spacial score (nSPS) is 12.9. The minimum atomic E-state index is -0.632. The Morgan fingerprint density at radius 1 is 1.54 bits per heavy atom. The molecule has 0 aliphatic rings. The van der Waals surface area contributed by atoms with Gasteiger partial charge in [0.25, 0.3) is 0 Å². The third-order valence-electron chi connectivity index (χ3n) is 1.93. The molecule has 3 nitrogen and oxygen atoms in total. The topological polar surface area (TPSA) is 66.5 Å². The molecule has 1 aromatic rings. The van der Waals surface area contributed by atoms with Crippen molar-refractivity contribution in [2.75, 3.05) is 6.61 Å². The summed E-state index contributed by atoms with van der Waals surface area (Å²) in [5.74, 6) is 0.0639. The van der Waals surface area contributed by atoms with Crippen molar-refractivity contribution < 1.29 is 10.2 Å². The lowest BCUT2D eigenvalue weighted by molar-refractivity contribution is 0.265. The van der Waals surface area contributed by atoms with E-state index in [1.54, 1.807) is 19.1 Å². The van der Waals surface area contributed by atoms with Gasteiger partial charge in [-0.05, 0) is 18.6 Å². The van der Waals surface area contributed by atoms with Gasteiger partial charge in [-0.2, -0.15) is 0 Å². The lowest BCUT2D eigenvalue weighted by atomic mass is 10.0. The van der Waals surface area contributed by atoms with Crippen LogP contribution in [0.25, 0.3) is 0 Å². The molecule has 0 aliphatic heterocycles. The first-order chi connectivity index (χ1) is 6.07. The van der Waals surface area contributed by atoms with E-state index in [0.29, 0.717) is 16.1 Å². The third-order valence-corrected chi connectivity index (χ3v) is 2.26. The smallest absolute Gasteiger partial charge is 0.124 e. The van der Waals surface area contributed by atoms with Gasteiger partial charge in [0, 0.05) is 10.6 Å². The van der Waals surface area contributed by atoms with E-state index >= 15 is 0 Å². The minimum absolute atomic E-state index is 0.0639. The molecule has 4 N–H and O–H groups in total. The van der Waals surface area contributed by atoms with Gasteiger partial charge < -0.3 is 15.9 Å². The Kier molecular flexibility index (Phi) is 3.14. The van der Waals surface area contributed by atoms with Gasteiger partial charge in [0.1, 0.15) is 5.75 Å². The van der Waals surface area contributed by atoms with Crippen LogP contribution >= 0.6 is 11.6 Å². The van der Waals surface area contributed by atoms with E-state index in [-0.39, 0.29) is 12.4 Å². The second kappa shape index (κ2) is 3.96. The Hall–Kier alpha value is -0.770. The summed E-state index contributed by atoms with van der Waals surface area (Å²) >= 11 is 5.82. The van der Waals surface area contributed by atoms with Crippen molar-refractivity contribution in [3.8, 4) is 5.75 Å². The van der Waals surface area contributed by atoms with Crippen molar-refractivity contribution in [2.45, 2.75) is 13.0 Å². The van der Waals surface area contributed by atoms with Gasteiger partial charge >= 0.3 is 0 Å². The molecule has 0 fully saturated rings. The van der Waals surface area contributed by atoms with Crippen LogP contribution in [0.15, 0.2) is 12.1 Å². The van der Waals surface area contributed by atoms with Gasteiger partial charge in [-0.15, -0.1) is 0 Å².